The number of phosphoric acid groups is 1. The minimum Gasteiger partial charge on any atom is -0.404 e. The number of pyridine rings is 1. The number of imidazole rings is 1. The molecule has 0 saturated carbocycles. The van der Waals surface area contributed by atoms with Crippen LogP contribution in [0.25, 0.3) is 21.9 Å². The lowest BCUT2D eigenvalue weighted by atomic mass is 10.0. The fraction of sp³-hybridized carbons (Fsp3) is 0.304. The number of nitrogens with zero attached hydrogens (tertiary/aromatic N) is 3. The fourth-order valence-corrected chi connectivity index (χ4v) is 4.70. The van der Waals surface area contributed by atoms with Crippen molar-refractivity contribution in [2.75, 3.05) is 5.73 Å². The van der Waals surface area contributed by atoms with Crippen molar-refractivity contribution < 1.29 is 18.9 Å². The van der Waals surface area contributed by atoms with E-state index in [9.17, 15) is 14.4 Å². The highest BCUT2D eigenvalue weighted by Gasteiger charge is 2.22. The van der Waals surface area contributed by atoms with Crippen LogP contribution in [-0.2, 0) is 24.1 Å². The minimum absolute atomic E-state index is 0.0805. The van der Waals surface area contributed by atoms with E-state index >= 15 is 0 Å². The van der Waals surface area contributed by atoms with Gasteiger partial charge in [0.2, 0.25) is 0 Å². The van der Waals surface area contributed by atoms with E-state index in [0.717, 1.165) is 47.1 Å². The van der Waals surface area contributed by atoms with Crippen molar-refractivity contribution in [1.29, 1.82) is 0 Å². The van der Waals surface area contributed by atoms with Crippen LogP contribution in [0.3, 0.4) is 0 Å². The summed E-state index contributed by atoms with van der Waals surface area (Å²) in [6.45, 7) is 4.45. The molecule has 0 atom stereocenters. The number of aromatic nitrogens is 3. The zero-order valence-electron chi connectivity index (χ0n) is 18.7. The van der Waals surface area contributed by atoms with Crippen LogP contribution in [0.4, 0.5) is 5.82 Å². The maximum absolute atomic E-state index is 11.4. The summed E-state index contributed by atoms with van der Waals surface area (Å²) >= 11 is 0. The second kappa shape index (κ2) is 9.11. The van der Waals surface area contributed by atoms with E-state index in [1.807, 2.05) is 36.4 Å². The van der Waals surface area contributed by atoms with E-state index < -0.39 is 7.82 Å². The molecule has 0 radical (unpaired) electrons. The average Bonchev–Trinajstić information content (AvgIpc) is 3.12. The molecule has 0 amide bonds. The highest BCUT2D eigenvalue weighted by atomic mass is 31.2. The number of unbranched alkanes of at least 4 members (excludes halogenated alkanes) is 1. The molecule has 4 rings (SSSR count). The number of anilines is 1. The molecule has 0 unspecified atom stereocenters. The smallest absolute Gasteiger partial charge is 0.404 e. The second-order valence-corrected chi connectivity index (χ2v) is 9.28. The molecule has 0 saturated heterocycles. The second-order valence-electron chi connectivity index (χ2n) is 8.12. The highest BCUT2D eigenvalue weighted by Crippen LogP contribution is 2.41. The number of fused-ring (bicyclic) bond motifs is 3. The summed E-state index contributed by atoms with van der Waals surface area (Å²) in [7, 11) is -4.70. The van der Waals surface area contributed by atoms with Gasteiger partial charge in [-0.15, -0.1) is 0 Å². The van der Waals surface area contributed by atoms with Gasteiger partial charge in [-0.3, -0.25) is 9.79 Å². The molecule has 2 aromatic carbocycles. The van der Waals surface area contributed by atoms with Crippen LogP contribution in [0.1, 0.15) is 42.3 Å². The van der Waals surface area contributed by atoms with Gasteiger partial charge >= 0.3 is 7.82 Å². The number of rotatable bonds is 8. The van der Waals surface area contributed by atoms with Crippen LogP contribution in [0.2, 0.25) is 0 Å². The van der Waals surface area contributed by atoms with Crippen molar-refractivity contribution in [2.45, 2.75) is 46.2 Å². The van der Waals surface area contributed by atoms with Crippen molar-refractivity contribution in [2.24, 2.45) is 5.73 Å². The van der Waals surface area contributed by atoms with Crippen molar-refractivity contribution in [3.05, 3.63) is 58.9 Å². The van der Waals surface area contributed by atoms with Crippen LogP contribution in [0.15, 0.2) is 36.4 Å². The molecule has 10 heteroatoms. The van der Waals surface area contributed by atoms with Crippen LogP contribution in [0.5, 0.6) is 5.75 Å². The van der Waals surface area contributed by atoms with E-state index in [-0.39, 0.29) is 12.3 Å². The van der Waals surface area contributed by atoms with Gasteiger partial charge in [-0.1, -0.05) is 37.6 Å². The first-order valence-electron chi connectivity index (χ1n) is 10.8. The molecular formula is C23H28N5O4P. The zero-order valence-corrected chi connectivity index (χ0v) is 19.5. The maximum atomic E-state index is 11.4. The fourth-order valence-electron chi connectivity index (χ4n) is 4.20. The van der Waals surface area contributed by atoms with Crippen molar-refractivity contribution in [1.82, 2.24) is 14.5 Å². The minimum atomic E-state index is -4.70. The van der Waals surface area contributed by atoms with Gasteiger partial charge in [0.25, 0.3) is 0 Å². The molecule has 0 spiro atoms. The summed E-state index contributed by atoms with van der Waals surface area (Å²) in [5.41, 5.74) is 16.6. The molecule has 9 nitrogen and oxygen atoms in total. The van der Waals surface area contributed by atoms with E-state index in [4.69, 9.17) is 21.0 Å². The summed E-state index contributed by atoms with van der Waals surface area (Å²) in [4.78, 5) is 27.9. The summed E-state index contributed by atoms with van der Waals surface area (Å²) in [6, 6.07) is 11.5. The van der Waals surface area contributed by atoms with Crippen molar-refractivity contribution in [3.8, 4) is 5.75 Å². The molecule has 0 aliphatic heterocycles. The molecule has 174 valence electrons. The first-order valence-corrected chi connectivity index (χ1v) is 12.4. The van der Waals surface area contributed by atoms with Gasteiger partial charge in [0.1, 0.15) is 17.1 Å². The predicted octanol–water partition coefficient (Wildman–Crippen LogP) is 3.80. The Balaban J connectivity index is 1.89. The van der Waals surface area contributed by atoms with E-state index in [0.29, 0.717) is 29.0 Å². The maximum Gasteiger partial charge on any atom is 0.524 e. The molecule has 4 aromatic rings. The Bertz CT molecular complexity index is 1380. The quantitative estimate of drug-likeness (QED) is 0.285. The summed E-state index contributed by atoms with van der Waals surface area (Å²) in [6.07, 6.45) is 2.81. The highest BCUT2D eigenvalue weighted by molar-refractivity contribution is 7.46. The van der Waals surface area contributed by atoms with Gasteiger partial charge < -0.3 is 20.6 Å². The van der Waals surface area contributed by atoms with E-state index in [1.165, 1.54) is 0 Å². The number of phosphoric ester groups is 1. The number of aryl methyl sites for hydroxylation is 2. The van der Waals surface area contributed by atoms with Gasteiger partial charge in [0.15, 0.2) is 5.82 Å². The molecule has 33 heavy (non-hydrogen) atoms. The molecule has 2 aromatic heterocycles. The molecular weight excluding hydrogens is 441 g/mol. The topological polar surface area (TPSA) is 150 Å². The molecule has 6 N–H and O–H groups in total. The Morgan fingerprint density at radius 3 is 2.64 bits per heavy atom. The molecule has 0 aliphatic carbocycles. The Kier molecular flexibility index (Phi) is 6.41. The molecule has 0 aliphatic rings. The van der Waals surface area contributed by atoms with Crippen LogP contribution in [-0.4, -0.2) is 24.3 Å². The number of para-hydroxylation sites is 1. The Hall–Kier alpha value is -2.97. The number of benzene rings is 2. The molecule has 0 bridgehead atoms. The number of hydrogen-bond acceptors (Lipinski definition) is 6. The Labute approximate surface area is 191 Å². The third-order valence-corrected chi connectivity index (χ3v) is 6.05. The van der Waals surface area contributed by atoms with E-state index in [2.05, 4.69) is 16.5 Å². The lowest BCUT2D eigenvalue weighted by Crippen LogP contribution is -2.09. The SMILES string of the molecule is CCCCc1nc2c(N)nc3ccccc3c2n1Cc1cc(C)c(OP(=O)(O)O)c(CN)c1. The van der Waals surface area contributed by atoms with Crippen LogP contribution >= 0.6 is 7.82 Å². The average molecular weight is 469 g/mol. The van der Waals surface area contributed by atoms with Gasteiger partial charge in [-0.25, -0.2) is 14.5 Å². The molecule has 0 fully saturated rings. The summed E-state index contributed by atoms with van der Waals surface area (Å²) in [5.74, 6) is 1.43. The Morgan fingerprint density at radius 2 is 1.94 bits per heavy atom. The van der Waals surface area contributed by atoms with Crippen molar-refractivity contribution >= 4 is 35.6 Å². The molecule has 2 heterocycles. The zero-order chi connectivity index (χ0) is 23.8. The third kappa shape index (κ3) is 4.72. The first-order chi connectivity index (χ1) is 15.7. The lowest BCUT2D eigenvalue weighted by Gasteiger charge is -2.17. The monoisotopic (exact) mass is 469 g/mol. The normalized spacial score (nSPS) is 12.0. The number of nitrogens with two attached hydrogens (primary N) is 2. The number of hydrogen-bond donors (Lipinski definition) is 4. The first kappa shape index (κ1) is 23.2. The van der Waals surface area contributed by atoms with Gasteiger partial charge in [-0.2, -0.15) is 0 Å². The van der Waals surface area contributed by atoms with Gasteiger partial charge in [0.05, 0.1) is 11.0 Å². The third-order valence-electron chi connectivity index (χ3n) is 5.63. The summed E-state index contributed by atoms with van der Waals surface area (Å²) < 4.78 is 18.5. The van der Waals surface area contributed by atoms with E-state index in [1.54, 1.807) is 6.92 Å². The van der Waals surface area contributed by atoms with Crippen LogP contribution in [0, 0.1) is 6.92 Å². The van der Waals surface area contributed by atoms with Crippen LogP contribution < -0.4 is 16.0 Å². The lowest BCUT2D eigenvalue weighted by molar-refractivity contribution is 0.281. The van der Waals surface area contributed by atoms with Gasteiger partial charge in [-0.05, 0) is 36.6 Å². The van der Waals surface area contributed by atoms with Gasteiger partial charge in [0, 0.05) is 30.5 Å². The largest absolute Gasteiger partial charge is 0.524 e. The Morgan fingerprint density at radius 1 is 1.18 bits per heavy atom. The predicted molar refractivity (Wildman–Crippen MR) is 129 cm³/mol. The van der Waals surface area contributed by atoms with Crippen molar-refractivity contribution in [3.63, 3.8) is 0 Å². The number of nitrogen functional groups attached to an aromatic ring is 1. The summed E-state index contributed by atoms with van der Waals surface area (Å²) in [5, 5.41) is 0.967. The standard InChI is InChI=1S/C23H28N5O4P/c1-3-4-9-19-27-20-21(17-7-5-6-8-18(17)26-23(20)25)28(19)13-15-10-14(2)22(16(11-15)12-24)32-33(29,30)31/h5-8,10-11H,3-4,9,12-13,24H2,1-2H3,(H2,25,26)(H2,29,30,31).